The lowest BCUT2D eigenvalue weighted by molar-refractivity contribution is 0.0184. The van der Waals surface area contributed by atoms with Gasteiger partial charge >= 0.3 is 12.2 Å². The van der Waals surface area contributed by atoms with Crippen LogP contribution in [0, 0.1) is 5.92 Å². The van der Waals surface area contributed by atoms with Gasteiger partial charge in [0.1, 0.15) is 11.7 Å². The van der Waals surface area contributed by atoms with Gasteiger partial charge in [0, 0.05) is 19.3 Å². The third-order valence-electron chi connectivity index (χ3n) is 4.67. The number of rotatable bonds is 3. The lowest BCUT2D eigenvalue weighted by atomic mass is 9.92. The van der Waals surface area contributed by atoms with Crippen molar-refractivity contribution in [1.82, 2.24) is 14.9 Å². The monoisotopic (exact) mass is 376 g/mol. The molecule has 27 heavy (non-hydrogen) atoms. The summed E-state index contributed by atoms with van der Waals surface area (Å²) in [6.07, 6.45) is 5.15. The Bertz CT molecular complexity index is 695. The predicted octanol–water partition coefficient (Wildman–Crippen LogP) is 3.01. The number of carbonyl (C=O) groups is 2. The highest BCUT2D eigenvalue weighted by atomic mass is 16.6. The van der Waals surface area contributed by atoms with Crippen LogP contribution in [-0.2, 0) is 15.9 Å². The number of amides is 2. The van der Waals surface area contributed by atoms with E-state index in [0.29, 0.717) is 31.4 Å². The molecule has 8 nitrogen and oxygen atoms in total. The van der Waals surface area contributed by atoms with Gasteiger partial charge in [-0.2, -0.15) is 0 Å². The highest BCUT2D eigenvalue weighted by Gasteiger charge is 2.31. The summed E-state index contributed by atoms with van der Waals surface area (Å²) in [5.41, 5.74) is 0.383. The summed E-state index contributed by atoms with van der Waals surface area (Å²) in [5, 5.41) is 0. The van der Waals surface area contributed by atoms with Crippen LogP contribution in [0.25, 0.3) is 0 Å². The van der Waals surface area contributed by atoms with Gasteiger partial charge < -0.3 is 14.4 Å². The normalized spacial score (nSPS) is 21.3. The largest absolute Gasteiger partial charge is 0.444 e. The van der Waals surface area contributed by atoms with E-state index in [1.165, 1.54) is 4.90 Å². The summed E-state index contributed by atoms with van der Waals surface area (Å²) in [4.78, 5) is 36.2. The van der Waals surface area contributed by atoms with E-state index in [-0.39, 0.29) is 18.3 Å². The van der Waals surface area contributed by atoms with Crippen LogP contribution in [0.5, 0.6) is 0 Å². The van der Waals surface area contributed by atoms with Crippen molar-refractivity contribution in [2.45, 2.75) is 58.7 Å². The summed E-state index contributed by atoms with van der Waals surface area (Å²) >= 11 is 0. The molecule has 2 aliphatic rings. The molecule has 0 bridgehead atoms. The molecule has 1 aromatic rings. The van der Waals surface area contributed by atoms with Crippen LogP contribution in [0.2, 0.25) is 0 Å². The number of carbonyl (C=O) groups excluding carboxylic acids is 2. The first-order chi connectivity index (χ1) is 12.7. The molecule has 3 heterocycles. The number of hydrogen-bond acceptors (Lipinski definition) is 6. The number of ether oxygens (including phenoxy) is 2. The average Bonchev–Trinajstić information content (AvgIpc) is 2.92. The first-order valence-electron chi connectivity index (χ1n) is 9.48. The van der Waals surface area contributed by atoms with E-state index < -0.39 is 5.60 Å². The number of anilines is 1. The van der Waals surface area contributed by atoms with Gasteiger partial charge in [0.15, 0.2) is 5.82 Å². The van der Waals surface area contributed by atoms with E-state index in [1.807, 2.05) is 27.7 Å². The SMILES string of the molecule is C[C@@H]1CN(c2cncc(CC3CCN(C(=O)OC(C)(C)C)CC3)n2)C(=O)O1. The molecule has 2 saturated heterocycles. The second-order valence-corrected chi connectivity index (χ2v) is 8.29. The van der Waals surface area contributed by atoms with Gasteiger partial charge in [0.05, 0.1) is 18.4 Å². The molecule has 0 unspecified atom stereocenters. The Morgan fingerprint density at radius 2 is 2.00 bits per heavy atom. The standard InChI is InChI=1S/C19H28N4O4/c1-13-12-23(18(25)26-13)16-11-20-10-15(21-16)9-14-5-7-22(8-6-14)17(24)27-19(2,3)4/h10-11,13-14H,5-9,12H2,1-4H3/t13-/m1/s1. The molecule has 1 aromatic heterocycles. The summed E-state index contributed by atoms with van der Waals surface area (Å²) in [6.45, 7) is 9.34. The molecule has 0 N–H and O–H groups in total. The lowest BCUT2D eigenvalue weighted by Gasteiger charge is -2.33. The van der Waals surface area contributed by atoms with Crippen LogP contribution >= 0.6 is 0 Å². The fourth-order valence-electron chi connectivity index (χ4n) is 3.36. The second kappa shape index (κ2) is 7.70. The number of cyclic esters (lactones) is 1. The molecule has 2 amide bonds. The summed E-state index contributed by atoms with van der Waals surface area (Å²) in [5.74, 6) is 0.964. The van der Waals surface area contributed by atoms with Gasteiger partial charge in [-0.15, -0.1) is 0 Å². The quantitative estimate of drug-likeness (QED) is 0.806. The van der Waals surface area contributed by atoms with Crippen molar-refractivity contribution in [3.63, 3.8) is 0 Å². The zero-order valence-electron chi connectivity index (χ0n) is 16.5. The molecule has 0 aliphatic carbocycles. The Morgan fingerprint density at radius 1 is 1.30 bits per heavy atom. The number of likely N-dealkylation sites (tertiary alicyclic amines) is 1. The lowest BCUT2D eigenvalue weighted by Crippen LogP contribution is -2.42. The molecular weight excluding hydrogens is 348 g/mol. The van der Waals surface area contributed by atoms with Crippen molar-refractivity contribution in [1.29, 1.82) is 0 Å². The van der Waals surface area contributed by atoms with Crippen molar-refractivity contribution in [3.05, 3.63) is 18.1 Å². The van der Waals surface area contributed by atoms with Crippen LogP contribution in [0.3, 0.4) is 0 Å². The molecule has 3 rings (SSSR count). The predicted molar refractivity (Wildman–Crippen MR) is 99.6 cm³/mol. The number of piperidine rings is 1. The second-order valence-electron chi connectivity index (χ2n) is 8.29. The third kappa shape index (κ3) is 5.08. The highest BCUT2D eigenvalue weighted by Crippen LogP contribution is 2.24. The fourth-order valence-corrected chi connectivity index (χ4v) is 3.36. The first kappa shape index (κ1) is 19.4. The minimum atomic E-state index is -0.474. The Morgan fingerprint density at radius 3 is 2.59 bits per heavy atom. The maximum absolute atomic E-state index is 12.2. The van der Waals surface area contributed by atoms with Gasteiger partial charge in [-0.05, 0) is 52.9 Å². The van der Waals surface area contributed by atoms with Gasteiger partial charge in [0.25, 0.3) is 0 Å². The van der Waals surface area contributed by atoms with Crippen molar-refractivity contribution in [2.75, 3.05) is 24.5 Å². The molecule has 0 aromatic carbocycles. The summed E-state index contributed by atoms with van der Waals surface area (Å²) in [6, 6.07) is 0. The summed E-state index contributed by atoms with van der Waals surface area (Å²) < 4.78 is 10.6. The minimum Gasteiger partial charge on any atom is -0.444 e. The Balaban J connectivity index is 1.54. The summed E-state index contributed by atoms with van der Waals surface area (Å²) in [7, 11) is 0. The van der Waals surface area contributed by atoms with Crippen LogP contribution < -0.4 is 4.90 Å². The van der Waals surface area contributed by atoms with Crippen molar-refractivity contribution >= 4 is 18.0 Å². The topological polar surface area (TPSA) is 84.9 Å². The molecule has 0 saturated carbocycles. The number of nitrogens with zero attached hydrogens (tertiary/aromatic N) is 4. The third-order valence-corrected chi connectivity index (χ3v) is 4.67. The van der Waals surface area contributed by atoms with Crippen molar-refractivity contribution < 1.29 is 19.1 Å². The van der Waals surface area contributed by atoms with Crippen molar-refractivity contribution in [2.24, 2.45) is 5.92 Å². The molecular formula is C19H28N4O4. The zero-order chi connectivity index (χ0) is 19.6. The molecule has 148 valence electrons. The van der Waals surface area contributed by atoms with Crippen LogP contribution in [0.4, 0.5) is 15.4 Å². The first-order valence-corrected chi connectivity index (χ1v) is 9.48. The Kier molecular flexibility index (Phi) is 5.53. The molecule has 1 atom stereocenters. The van der Waals surface area contributed by atoms with E-state index in [2.05, 4.69) is 9.97 Å². The molecule has 2 aliphatic heterocycles. The molecule has 8 heteroatoms. The number of hydrogen-bond donors (Lipinski definition) is 0. The maximum Gasteiger partial charge on any atom is 0.415 e. The van der Waals surface area contributed by atoms with E-state index in [0.717, 1.165) is 25.0 Å². The van der Waals surface area contributed by atoms with E-state index in [4.69, 9.17) is 9.47 Å². The Hall–Kier alpha value is -2.38. The minimum absolute atomic E-state index is 0.139. The van der Waals surface area contributed by atoms with Crippen molar-refractivity contribution in [3.8, 4) is 0 Å². The smallest absolute Gasteiger partial charge is 0.415 e. The maximum atomic E-state index is 12.2. The van der Waals surface area contributed by atoms with E-state index in [9.17, 15) is 9.59 Å². The van der Waals surface area contributed by atoms with E-state index in [1.54, 1.807) is 17.3 Å². The average molecular weight is 376 g/mol. The molecule has 0 radical (unpaired) electrons. The fraction of sp³-hybridized carbons (Fsp3) is 0.684. The van der Waals surface area contributed by atoms with Crippen LogP contribution in [0.1, 0.15) is 46.2 Å². The van der Waals surface area contributed by atoms with Gasteiger partial charge in [0.2, 0.25) is 0 Å². The zero-order valence-corrected chi connectivity index (χ0v) is 16.5. The van der Waals surface area contributed by atoms with E-state index >= 15 is 0 Å². The van der Waals surface area contributed by atoms with Gasteiger partial charge in [-0.1, -0.05) is 0 Å². The molecule has 2 fully saturated rings. The Labute approximate surface area is 159 Å². The van der Waals surface area contributed by atoms with Crippen LogP contribution in [0.15, 0.2) is 12.4 Å². The van der Waals surface area contributed by atoms with Crippen LogP contribution in [-0.4, -0.2) is 58.4 Å². The number of aromatic nitrogens is 2. The molecule has 0 spiro atoms. The van der Waals surface area contributed by atoms with Gasteiger partial charge in [-0.25, -0.2) is 14.6 Å². The van der Waals surface area contributed by atoms with Gasteiger partial charge in [-0.3, -0.25) is 9.88 Å². The highest BCUT2D eigenvalue weighted by molar-refractivity contribution is 5.88.